The molecule has 1 aromatic rings. The van der Waals surface area contributed by atoms with Crippen LogP contribution in [0.5, 0.6) is 11.5 Å². The number of rotatable bonds is 6. The van der Waals surface area contributed by atoms with Crippen molar-refractivity contribution in [3.63, 3.8) is 0 Å². The van der Waals surface area contributed by atoms with Gasteiger partial charge in [-0.05, 0) is 31.2 Å². The average Bonchev–Trinajstić information content (AvgIpc) is 2.36. The van der Waals surface area contributed by atoms with E-state index in [1.165, 1.54) is 0 Å². The van der Waals surface area contributed by atoms with Crippen LogP contribution >= 0.6 is 11.8 Å². The van der Waals surface area contributed by atoms with Crippen molar-refractivity contribution in [2.75, 3.05) is 27.0 Å². The zero-order valence-corrected chi connectivity index (χ0v) is 11.8. The summed E-state index contributed by atoms with van der Waals surface area (Å²) in [4.78, 5) is 1.09. The predicted octanol–water partition coefficient (Wildman–Crippen LogP) is 2.88. The molecule has 3 nitrogen and oxygen atoms in total. The van der Waals surface area contributed by atoms with Gasteiger partial charge in [-0.3, -0.25) is 0 Å². The maximum atomic E-state index is 5.61. The van der Waals surface area contributed by atoms with Gasteiger partial charge in [0, 0.05) is 5.56 Å². The molecule has 0 bridgehead atoms. The van der Waals surface area contributed by atoms with E-state index in [0.717, 1.165) is 28.4 Å². The van der Waals surface area contributed by atoms with Gasteiger partial charge in [0.2, 0.25) is 0 Å². The van der Waals surface area contributed by atoms with Crippen molar-refractivity contribution in [2.24, 2.45) is 5.73 Å². The number of methoxy groups -OCH3 is 2. The fourth-order valence-corrected chi connectivity index (χ4v) is 2.48. The fraction of sp³-hybridized carbons (Fsp3) is 0.538. The van der Waals surface area contributed by atoms with Crippen LogP contribution in [0.25, 0.3) is 0 Å². The lowest BCUT2D eigenvalue weighted by molar-refractivity contribution is 0.342. The van der Waals surface area contributed by atoms with Crippen molar-refractivity contribution >= 4 is 11.8 Å². The zero-order chi connectivity index (χ0) is 12.8. The van der Waals surface area contributed by atoms with Crippen LogP contribution in [-0.4, -0.2) is 27.0 Å². The minimum atomic E-state index is 0.375. The molecule has 4 heteroatoms. The lowest BCUT2D eigenvalue weighted by Crippen LogP contribution is -2.06. The van der Waals surface area contributed by atoms with Crippen LogP contribution < -0.4 is 15.2 Å². The molecule has 1 unspecified atom stereocenters. The lowest BCUT2D eigenvalue weighted by Gasteiger charge is -2.19. The van der Waals surface area contributed by atoms with Gasteiger partial charge in [0.25, 0.3) is 0 Å². The highest BCUT2D eigenvalue weighted by Crippen LogP contribution is 2.42. The van der Waals surface area contributed by atoms with Crippen LogP contribution in [0, 0.1) is 0 Å². The zero-order valence-electron chi connectivity index (χ0n) is 10.9. The lowest BCUT2D eigenvalue weighted by atomic mass is 9.96. The van der Waals surface area contributed by atoms with Crippen LogP contribution in [0.1, 0.15) is 24.8 Å². The van der Waals surface area contributed by atoms with E-state index in [9.17, 15) is 0 Å². The maximum absolute atomic E-state index is 5.61. The van der Waals surface area contributed by atoms with Crippen LogP contribution in [0.4, 0.5) is 0 Å². The first kappa shape index (κ1) is 14.2. The molecule has 0 aliphatic rings. The van der Waals surface area contributed by atoms with E-state index in [1.807, 2.05) is 6.26 Å². The summed E-state index contributed by atoms with van der Waals surface area (Å²) < 4.78 is 10.9. The molecule has 1 rings (SSSR count). The molecule has 1 aromatic carbocycles. The van der Waals surface area contributed by atoms with E-state index in [2.05, 4.69) is 19.1 Å². The predicted molar refractivity (Wildman–Crippen MR) is 73.4 cm³/mol. The quantitative estimate of drug-likeness (QED) is 0.794. The first-order valence-electron chi connectivity index (χ1n) is 5.68. The first-order valence-corrected chi connectivity index (χ1v) is 6.91. The molecule has 2 N–H and O–H groups in total. The highest BCUT2D eigenvalue weighted by atomic mass is 32.2. The van der Waals surface area contributed by atoms with Gasteiger partial charge in [-0.1, -0.05) is 13.0 Å². The third-order valence-corrected chi connectivity index (χ3v) is 3.63. The van der Waals surface area contributed by atoms with Gasteiger partial charge in [-0.2, -0.15) is 0 Å². The summed E-state index contributed by atoms with van der Waals surface area (Å²) in [7, 11) is 3.36. The number of hydrogen-bond acceptors (Lipinski definition) is 4. The van der Waals surface area contributed by atoms with E-state index in [0.29, 0.717) is 12.5 Å². The minimum absolute atomic E-state index is 0.375. The summed E-state index contributed by atoms with van der Waals surface area (Å²) in [6.45, 7) is 2.83. The average molecular weight is 255 g/mol. The summed E-state index contributed by atoms with van der Waals surface area (Å²) in [5.41, 5.74) is 6.77. The van der Waals surface area contributed by atoms with Crippen molar-refractivity contribution in [3.8, 4) is 11.5 Å². The molecule has 0 aromatic heterocycles. The Balaban J connectivity index is 3.22. The minimum Gasteiger partial charge on any atom is -0.493 e. The monoisotopic (exact) mass is 255 g/mol. The summed E-state index contributed by atoms with van der Waals surface area (Å²) >= 11 is 1.65. The van der Waals surface area contributed by atoms with Crippen molar-refractivity contribution < 1.29 is 9.47 Å². The molecule has 0 spiro atoms. The SMILES string of the molecule is COc1c(SC)ccc(C(C)CCN)c1OC. The Morgan fingerprint density at radius 1 is 1.24 bits per heavy atom. The second-order valence-electron chi connectivity index (χ2n) is 3.90. The van der Waals surface area contributed by atoms with Crippen molar-refractivity contribution in [2.45, 2.75) is 24.2 Å². The van der Waals surface area contributed by atoms with Gasteiger partial charge in [0.1, 0.15) is 0 Å². The number of nitrogens with two attached hydrogens (primary N) is 1. The van der Waals surface area contributed by atoms with Crippen molar-refractivity contribution in [3.05, 3.63) is 17.7 Å². The Kier molecular flexibility index (Phi) is 5.65. The third kappa shape index (κ3) is 3.07. The number of ether oxygens (including phenoxy) is 2. The Morgan fingerprint density at radius 3 is 2.35 bits per heavy atom. The molecule has 96 valence electrons. The highest BCUT2D eigenvalue weighted by Gasteiger charge is 2.18. The first-order chi connectivity index (χ1) is 8.19. The van der Waals surface area contributed by atoms with E-state index in [1.54, 1.807) is 26.0 Å². The standard InChI is InChI=1S/C13H21NO2S/c1-9(7-8-14)10-5-6-11(17-4)13(16-3)12(10)15-2/h5-6,9H,7-8,14H2,1-4H3. The second-order valence-corrected chi connectivity index (χ2v) is 4.75. The van der Waals surface area contributed by atoms with Crippen molar-refractivity contribution in [1.82, 2.24) is 0 Å². The Hall–Kier alpha value is -0.870. The molecular formula is C13H21NO2S. The number of thioether (sulfide) groups is 1. The molecule has 0 aliphatic carbocycles. The summed E-state index contributed by atoms with van der Waals surface area (Å²) in [5, 5.41) is 0. The van der Waals surface area contributed by atoms with Gasteiger partial charge in [-0.15, -0.1) is 11.8 Å². The topological polar surface area (TPSA) is 44.5 Å². The summed E-state index contributed by atoms with van der Waals surface area (Å²) in [5.74, 6) is 2.03. The third-order valence-electron chi connectivity index (χ3n) is 2.87. The fourth-order valence-electron chi connectivity index (χ4n) is 1.92. The van der Waals surface area contributed by atoms with E-state index >= 15 is 0 Å². The van der Waals surface area contributed by atoms with Gasteiger partial charge in [0.15, 0.2) is 11.5 Å². The highest BCUT2D eigenvalue weighted by molar-refractivity contribution is 7.98. The molecule has 0 saturated carbocycles. The smallest absolute Gasteiger partial charge is 0.174 e. The van der Waals surface area contributed by atoms with Gasteiger partial charge >= 0.3 is 0 Å². The van der Waals surface area contributed by atoms with Crippen LogP contribution in [-0.2, 0) is 0 Å². The Labute approximate surface area is 108 Å². The van der Waals surface area contributed by atoms with Gasteiger partial charge in [-0.25, -0.2) is 0 Å². The Bertz CT molecular complexity index is 369. The molecule has 0 fully saturated rings. The van der Waals surface area contributed by atoms with E-state index in [4.69, 9.17) is 15.2 Å². The number of benzene rings is 1. The maximum Gasteiger partial charge on any atom is 0.174 e. The normalized spacial score (nSPS) is 12.3. The molecule has 0 heterocycles. The summed E-state index contributed by atoms with van der Waals surface area (Å²) in [6, 6.07) is 4.18. The molecule has 0 aliphatic heterocycles. The molecule has 17 heavy (non-hydrogen) atoms. The second kappa shape index (κ2) is 6.77. The molecule has 1 atom stereocenters. The van der Waals surface area contributed by atoms with Crippen molar-refractivity contribution in [1.29, 1.82) is 0 Å². The van der Waals surface area contributed by atoms with Crippen LogP contribution in [0.3, 0.4) is 0 Å². The van der Waals surface area contributed by atoms with Gasteiger partial charge in [0.05, 0.1) is 19.1 Å². The molecule has 0 radical (unpaired) electrons. The van der Waals surface area contributed by atoms with E-state index < -0.39 is 0 Å². The van der Waals surface area contributed by atoms with E-state index in [-0.39, 0.29) is 0 Å². The van der Waals surface area contributed by atoms with Gasteiger partial charge < -0.3 is 15.2 Å². The molecular weight excluding hydrogens is 234 g/mol. The van der Waals surface area contributed by atoms with Crippen LogP contribution in [0.2, 0.25) is 0 Å². The number of hydrogen-bond donors (Lipinski definition) is 1. The van der Waals surface area contributed by atoms with Crippen LogP contribution in [0.15, 0.2) is 17.0 Å². The molecule has 0 amide bonds. The Morgan fingerprint density at radius 2 is 1.88 bits per heavy atom. The molecule has 0 saturated heterocycles. The summed E-state index contributed by atoms with van der Waals surface area (Å²) in [6.07, 6.45) is 2.97. The largest absolute Gasteiger partial charge is 0.493 e.